The van der Waals surface area contributed by atoms with Crippen molar-refractivity contribution in [2.75, 3.05) is 32.7 Å². The highest BCUT2D eigenvalue weighted by Gasteiger charge is 2.20. The maximum atomic E-state index is 12.0. The van der Waals surface area contributed by atoms with Crippen molar-refractivity contribution in [3.8, 4) is 0 Å². The highest BCUT2D eigenvalue weighted by atomic mass is 16.2. The van der Waals surface area contributed by atoms with E-state index in [0.717, 1.165) is 32.6 Å². The molecule has 1 aliphatic rings. The molecule has 1 amide bonds. The molecular weight excluding hydrogens is 202 g/mol. The van der Waals surface area contributed by atoms with Gasteiger partial charge in [-0.15, -0.1) is 0 Å². The smallest absolute Gasteiger partial charge is 0.222 e. The van der Waals surface area contributed by atoms with E-state index in [1.165, 1.54) is 0 Å². The van der Waals surface area contributed by atoms with Gasteiger partial charge in [0.05, 0.1) is 0 Å². The first-order chi connectivity index (χ1) is 7.63. The van der Waals surface area contributed by atoms with E-state index in [9.17, 15) is 4.79 Å². The molecule has 1 saturated heterocycles. The molecule has 1 fully saturated rings. The van der Waals surface area contributed by atoms with Gasteiger partial charge in [0.1, 0.15) is 0 Å². The van der Waals surface area contributed by atoms with E-state index in [0.29, 0.717) is 24.8 Å². The zero-order valence-electron chi connectivity index (χ0n) is 10.5. The molecule has 0 aromatic rings. The first-order valence-corrected chi connectivity index (χ1v) is 6.32. The van der Waals surface area contributed by atoms with Gasteiger partial charge in [-0.1, -0.05) is 13.8 Å². The summed E-state index contributed by atoms with van der Waals surface area (Å²) < 4.78 is 0. The number of hydrogen-bond acceptors (Lipinski definition) is 3. The van der Waals surface area contributed by atoms with Crippen molar-refractivity contribution in [2.45, 2.75) is 26.7 Å². The summed E-state index contributed by atoms with van der Waals surface area (Å²) in [6, 6.07) is 0. The molecule has 0 radical (unpaired) electrons. The molecule has 0 saturated carbocycles. The van der Waals surface area contributed by atoms with Crippen LogP contribution < -0.4 is 11.1 Å². The second-order valence-corrected chi connectivity index (χ2v) is 5.07. The Labute approximate surface area is 98.6 Å². The van der Waals surface area contributed by atoms with Gasteiger partial charge in [-0.2, -0.15) is 0 Å². The van der Waals surface area contributed by atoms with Crippen LogP contribution in [0, 0.1) is 11.8 Å². The third kappa shape index (κ3) is 4.49. The van der Waals surface area contributed by atoms with Crippen molar-refractivity contribution in [1.29, 1.82) is 0 Å². The van der Waals surface area contributed by atoms with E-state index in [-0.39, 0.29) is 5.91 Å². The molecule has 4 nitrogen and oxygen atoms in total. The zero-order chi connectivity index (χ0) is 12.0. The Balaban J connectivity index is 2.35. The van der Waals surface area contributed by atoms with Gasteiger partial charge in [-0.05, 0) is 24.8 Å². The summed E-state index contributed by atoms with van der Waals surface area (Å²) in [5.41, 5.74) is 5.72. The molecule has 0 aliphatic carbocycles. The van der Waals surface area contributed by atoms with E-state index in [4.69, 9.17) is 5.73 Å². The quantitative estimate of drug-likeness (QED) is 0.716. The second-order valence-electron chi connectivity index (χ2n) is 5.07. The number of nitrogens with one attached hydrogen (secondary N) is 1. The fraction of sp³-hybridized carbons (Fsp3) is 0.917. The predicted octanol–water partition coefficient (Wildman–Crippen LogP) is 0.429. The van der Waals surface area contributed by atoms with E-state index < -0.39 is 0 Å². The molecule has 0 bridgehead atoms. The van der Waals surface area contributed by atoms with Gasteiger partial charge in [0.15, 0.2) is 0 Å². The monoisotopic (exact) mass is 227 g/mol. The topological polar surface area (TPSA) is 58.4 Å². The van der Waals surface area contributed by atoms with Gasteiger partial charge in [0.25, 0.3) is 0 Å². The molecule has 1 atom stereocenters. The van der Waals surface area contributed by atoms with Crippen molar-refractivity contribution >= 4 is 5.91 Å². The van der Waals surface area contributed by atoms with Crippen LogP contribution in [0.25, 0.3) is 0 Å². The van der Waals surface area contributed by atoms with Gasteiger partial charge in [0, 0.05) is 32.6 Å². The van der Waals surface area contributed by atoms with Crippen LogP contribution in [0.2, 0.25) is 0 Å². The SMILES string of the molecule is CC(C)CC(CN)CC(=O)N1CCNCC1. The molecular formula is C12H25N3O. The van der Waals surface area contributed by atoms with Crippen LogP contribution >= 0.6 is 0 Å². The van der Waals surface area contributed by atoms with Crippen LogP contribution in [-0.2, 0) is 4.79 Å². The summed E-state index contributed by atoms with van der Waals surface area (Å²) in [5, 5.41) is 3.25. The van der Waals surface area contributed by atoms with Crippen LogP contribution in [0.15, 0.2) is 0 Å². The lowest BCUT2D eigenvalue weighted by atomic mass is 9.93. The predicted molar refractivity (Wildman–Crippen MR) is 66.1 cm³/mol. The first kappa shape index (κ1) is 13.5. The number of amides is 1. The normalized spacial score (nSPS) is 18.9. The molecule has 16 heavy (non-hydrogen) atoms. The van der Waals surface area contributed by atoms with Crippen LogP contribution in [0.3, 0.4) is 0 Å². The number of carbonyl (C=O) groups excluding carboxylic acids is 1. The zero-order valence-corrected chi connectivity index (χ0v) is 10.5. The van der Waals surface area contributed by atoms with Crippen molar-refractivity contribution in [3.63, 3.8) is 0 Å². The van der Waals surface area contributed by atoms with Crippen LogP contribution in [0.5, 0.6) is 0 Å². The largest absolute Gasteiger partial charge is 0.340 e. The lowest BCUT2D eigenvalue weighted by molar-refractivity contribution is -0.132. The second kappa shape index (κ2) is 6.86. The molecule has 3 N–H and O–H groups in total. The van der Waals surface area contributed by atoms with Crippen LogP contribution in [0.4, 0.5) is 0 Å². The van der Waals surface area contributed by atoms with Gasteiger partial charge in [0.2, 0.25) is 5.91 Å². The third-order valence-corrected chi connectivity index (χ3v) is 3.07. The minimum absolute atomic E-state index is 0.276. The lowest BCUT2D eigenvalue weighted by Gasteiger charge is -2.29. The number of carbonyl (C=O) groups is 1. The fourth-order valence-corrected chi connectivity index (χ4v) is 2.22. The number of rotatable bonds is 5. The number of nitrogens with two attached hydrogens (primary N) is 1. The van der Waals surface area contributed by atoms with Crippen molar-refractivity contribution in [3.05, 3.63) is 0 Å². The van der Waals surface area contributed by atoms with Crippen molar-refractivity contribution < 1.29 is 4.79 Å². The van der Waals surface area contributed by atoms with Gasteiger partial charge >= 0.3 is 0 Å². The number of nitrogens with zero attached hydrogens (tertiary/aromatic N) is 1. The summed E-state index contributed by atoms with van der Waals surface area (Å²) in [5.74, 6) is 1.24. The molecule has 1 heterocycles. The number of piperazine rings is 1. The first-order valence-electron chi connectivity index (χ1n) is 6.32. The van der Waals surface area contributed by atoms with Crippen molar-refractivity contribution in [2.24, 2.45) is 17.6 Å². The Morgan fingerprint density at radius 2 is 2.00 bits per heavy atom. The highest BCUT2D eigenvalue weighted by molar-refractivity contribution is 5.76. The lowest BCUT2D eigenvalue weighted by Crippen LogP contribution is -2.47. The third-order valence-electron chi connectivity index (χ3n) is 3.07. The Morgan fingerprint density at radius 1 is 1.38 bits per heavy atom. The Morgan fingerprint density at radius 3 is 2.50 bits per heavy atom. The summed E-state index contributed by atoms with van der Waals surface area (Å²) in [6.45, 7) is 8.51. The maximum absolute atomic E-state index is 12.0. The molecule has 0 spiro atoms. The fourth-order valence-electron chi connectivity index (χ4n) is 2.22. The Kier molecular flexibility index (Phi) is 5.77. The Bertz CT molecular complexity index is 212. The average molecular weight is 227 g/mol. The molecule has 4 heteroatoms. The van der Waals surface area contributed by atoms with Crippen molar-refractivity contribution in [1.82, 2.24) is 10.2 Å². The van der Waals surface area contributed by atoms with E-state index >= 15 is 0 Å². The molecule has 0 aromatic heterocycles. The van der Waals surface area contributed by atoms with Gasteiger partial charge < -0.3 is 16.0 Å². The van der Waals surface area contributed by atoms with E-state index in [1.54, 1.807) is 0 Å². The molecule has 94 valence electrons. The summed E-state index contributed by atoms with van der Waals surface area (Å²) >= 11 is 0. The highest BCUT2D eigenvalue weighted by Crippen LogP contribution is 2.15. The molecule has 1 aliphatic heterocycles. The average Bonchev–Trinajstić information content (AvgIpc) is 2.28. The van der Waals surface area contributed by atoms with Crippen LogP contribution in [0.1, 0.15) is 26.7 Å². The Hall–Kier alpha value is -0.610. The molecule has 1 unspecified atom stereocenters. The van der Waals surface area contributed by atoms with Crippen LogP contribution in [-0.4, -0.2) is 43.5 Å². The maximum Gasteiger partial charge on any atom is 0.222 e. The molecule has 0 aromatic carbocycles. The van der Waals surface area contributed by atoms with E-state index in [2.05, 4.69) is 19.2 Å². The van der Waals surface area contributed by atoms with E-state index in [1.807, 2.05) is 4.90 Å². The summed E-state index contributed by atoms with van der Waals surface area (Å²) in [7, 11) is 0. The molecule has 1 rings (SSSR count). The summed E-state index contributed by atoms with van der Waals surface area (Å²) in [6.07, 6.45) is 1.67. The summed E-state index contributed by atoms with van der Waals surface area (Å²) in [4.78, 5) is 13.9. The van der Waals surface area contributed by atoms with Gasteiger partial charge in [-0.25, -0.2) is 0 Å². The minimum Gasteiger partial charge on any atom is -0.340 e. The minimum atomic E-state index is 0.276. The van der Waals surface area contributed by atoms with Gasteiger partial charge in [-0.3, -0.25) is 4.79 Å². The number of hydrogen-bond donors (Lipinski definition) is 2. The standard InChI is InChI=1S/C12H25N3O/c1-10(2)7-11(9-13)8-12(16)15-5-3-14-4-6-15/h10-11,14H,3-9,13H2,1-2H3.